The van der Waals surface area contributed by atoms with E-state index in [1.54, 1.807) is 14.0 Å². The van der Waals surface area contributed by atoms with E-state index < -0.39 is 15.3 Å². The third-order valence-electron chi connectivity index (χ3n) is 3.00. The van der Waals surface area contributed by atoms with Crippen LogP contribution in [0, 0.1) is 6.92 Å². The largest absolute Gasteiger partial charge is 0.318 e. The van der Waals surface area contributed by atoms with Gasteiger partial charge in [-0.15, -0.1) is 0 Å². The molecule has 0 saturated heterocycles. The molecular formula is C13H22N2O2S. The first kappa shape index (κ1) is 15.0. The number of hydrogen-bond donors (Lipinski definition) is 2. The zero-order valence-corrected chi connectivity index (χ0v) is 12.3. The van der Waals surface area contributed by atoms with Crippen molar-refractivity contribution in [2.45, 2.75) is 32.4 Å². The molecule has 1 aromatic carbocycles. The maximum absolute atomic E-state index is 12.0. The first-order chi connectivity index (χ1) is 8.40. The van der Waals surface area contributed by atoms with Gasteiger partial charge in [-0.1, -0.05) is 13.0 Å². The van der Waals surface area contributed by atoms with Gasteiger partial charge in [-0.05, 0) is 50.6 Å². The van der Waals surface area contributed by atoms with Gasteiger partial charge in [0.15, 0.2) is 0 Å². The molecule has 102 valence electrons. The Labute approximate surface area is 110 Å². The first-order valence-electron chi connectivity index (χ1n) is 6.16. The van der Waals surface area contributed by atoms with Crippen molar-refractivity contribution in [1.82, 2.24) is 5.32 Å². The molecule has 0 aromatic heterocycles. The van der Waals surface area contributed by atoms with Crippen molar-refractivity contribution in [3.8, 4) is 0 Å². The third-order valence-corrected chi connectivity index (χ3v) is 4.75. The van der Waals surface area contributed by atoms with Crippen LogP contribution < -0.4 is 10.0 Å². The molecule has 1 aromatic rings. The summed E-state index contributed by atoms with van der Waals surface area (Å²) >= 11 is 0. The molecule has 0 heterocycles. The summed E-state index contributed by atoms with van der Waals surface area (Å²) in [4.78, 5) is 0. The van der Waals surface area contributed by atoms with Crippen LogP contribution in [0.15, 0.2) is 18.2 Å². The Balaban J connectivity index is 2.88. The smallest absolute Gasteiger partial charge is 0.236 e. The number of rotatable bonds is 6. The van der Waals surface area contributed by atoms with Gasteiger partial charge >= 0.3 is 0 Å². The minimum Gasteiger partial charge on any atom is -0.318 e. The van der Waals surface area contributed by atoms with E-state index in [1.807, 2.05) is 25.1 Å². The maximum Gasteiger partial charge on any atom is 0.236 e. The number of sulfonamides is 1. The zero-order chi connectivity index (χ0) is 13.8. The van der Waals surface area contributed by atoms with Crippen LogP contribution in [-0.2, 0) is 16.4 Å². The van der Waals surface area contributed by atoms with E-state index in [9.17, 15) is 8.42 Å². The highest BCUT2D eigenvalue weighted by Crippen LogP contribution is 2.17. The predicted octanol–water partition coefficient (Wildman–Crippen LogP) is 1.91. The lowest BCUT2D eigenvalue weighted by Crippen LogP contribution is -2.33. The molecule has 1 rings (SSSR count). The van der Waals surface area contributed by atoms with Crippen LogP contribution in [0.5, 0.6) is 0 Å². The normalized spacial score (nSPS) is 13.3. The van der Waals surface area contributed by atoms with Crippen molar-refractivity contribution < 1.29 is 8.42 Å². The zero-order valence-electron chi connectivity index (χ0n) is 11.4. The van der Waals surface area contributed by atoms with Gasteiger partial charge in [0.1, 0.15) is 0 Å². The van der Waals surface area contributed by atoms with Crippen molar-refractivity contribution in [2.75, 3.05) is 18.3 Å². The van der Waals surface area contributed by atoms with E-state index in [0.29, 0.717) is 12.2 Å². The Morgan fingerprint density at radius 3 is 2.50 bits per heavy atom. The predicted molar refractivity (Wildman–Crippen MR) is 76.5 cm³/mol. The summed E-state index contributed by atoms with van der Waals surface area (Å²) in [6.07, 6.45) is 0.953. The lowest BCUT2D eigenvalue weighted by molar-refractivity contribution is 0.584. The molecule has 0 fully saturated rings. The van der Waals surface area contributed by atoms with Gasteiger partial charge in [0, 0.05) is 12.2 Å². The third kappa shape index (κ3) is 3.71. The van der Waals surface area contributed by atoms with Crippen molar-refractivity contribution in [2.24, 2.45) is 0 Å². The second-order valence-electron chi connectivity index (χ2n) is 4.51. The molecule has 0 spiro atoms. The highest BCUT2D eigenvalue weighted by Gasteiger charge is 2.19. The van der Waals surface area contributed by atoms with Crippen molar-refractivity contribution in [3.05, 3.63) is 29.3 Å². The number of nitrogens with one attached hydrogen (secondary N) is 2. The summed E-state index contributed by atoms with van der Waals surface area (Å²) in [5.41, 5.74) is 2.98. The van der Waals surface area contributed by atoms with Gasteiger partial charge in [-0.2, -0.15) is 0 Å². The Hall–Kier alpha value is -1.07. The fourth-order valence-corrected chi connectivity index (χ4v) is 2.86. The average Bonchev–Trinajstić information content (AvgIpc) is 2.29. The van der Waals surface area contributed by atoms with Crippen molar-refractivity contribution in [3.63, 3.8) is 0 Å². The Morgan fingerprint density at radius 1 is 1.33 bits per heavy atom. The quantitative estimate of drug-likeness (QED) is 0.830. The Morgan fingerprint density at radius 2 is 2.00 bits per heavy atom. The highest BCUT2D eigenvalue weighted by molar-refractivity contribution is 7.93. The standard InChI is InChI=1S/C13H22N2O2S/c1-5-12-6-7-13(8-10(12)2)15-18(16,17)11(3)9-14-4/h6-8,11,14-15H,5,9H2,1-4H3. The second-order valence-corrected chi connectivity index (χ2v) is 6.61. The van der Waals surface area contributed by atoms with E-state index in [1.165, 1.54) is 5.56 Å². The summed E-state index contributed by atoms with van der Waals surface area (Å²) in [5.74, 6) is 0. The van der Waals surface area contributed by atoms with Crippen LogP contribution in [0.25, 0.3) is 0 Å². The lowest BCUT2D eigenvalue weighted by Gasteiger charge is -2.15. The second kappa shape index (κ2) is 6.20. The van der Waals surface area contributed by atoms with E-state index in [4.69, 9.17) is 0 Å². The van der Waals surface area contributed by atoms with E-state index in [-0.39, 0.29) is 0 Å². The summed E-state index contributed by atoms with van der Waals surface area (Å²) in [7, 11) is -1.58. The molecule has 0 radical (unpaired) electrons. The molecule has 0 aliphatic heterocycles. The molecule has 2 N–H and O–H groups in total. The van der Waals surface area contributed by atoms with Gasteiger partial charge in [0.05, 0.1) is 5.25 Å². The summed E-state index contributed by atoms with van der Waals surface area (Å²) < 4.78 is 26.6. The first-order valence-corrected chi connectivity index (χ1v) is 7.71. The molecule has 0 saturated carbocycles. The summed E-state index contributed by atoms with van der Waals surface area (Å²) in [6.45, 7) is 6.20. The van der Waals surface area contributed by atoms with Gasteiger partial charge in [-0.3, -0.25) is 4.72 Å². The minimum absolute atomic E-state index is 0.432. The van der Waals surface area contributed by atoms with Gasteiger partial charge in [0.2, 0.25) is 10.0 Å². The molecule has 0 amide bonds. The molecule has 18 heavy (non-hydrogen) atoms. The maximum atomic E-state index is 12.0. The number of anilines is 1. The molecule has 1 unspecified atom stereocenters. The van der Waals surface area contributed by atoms with Crippen LogP contribution in [-0.4, -0.2) is 27.3 Å². The van der Waals surface area contributed by atoms with Crippen LogP contribution in [0.3, 0.4) is 0 Å². The lowest BCUT2D eigenvalue weighted by atomic mass is 10.1. The minimum atomic E-state index is -3.32. The SMILES string of the molecule is CCc1ccc(NS(=O)(=O)C(C)CNC)cc1C. The van der Waals surface area contributed by atoms with E-state index >= 15 is 0 Å². The molecular weight excluding hydrogens is 248 g/mol. The summed E-state index contributed by atoms with van der Waals surface area (Å²) in [6, 6.07) is 5.66. The molecule has 4 nitrogen and oxygen atoms in total. The van der Waals surface area contributed by atoms with E-state index in [0.717, 1.165) is 12.0 Å². The van der Waals surface area contributed by atoms with Crippen LogP contribution >= 0.6 is 0 Å². The molecule has 0 bridgehead atoms. The Bertz CT molecular complexity index is 498. The molecule has 0 aliphatic carbocycles. The van der Waals surface area contributed by atoms with Crippen LogP contribution in [0.2, 0.25) is 0 Å². The fraction of sp³-hybridized carbons (Fsp3) is 0.538. The summed E-state index contributed by atoms with van der Waals surface area (Å²) in [5, 5.41) is 2.41. The van der Waals surface area contributed by atoms with Crippen molar-refractivity contribution in [1.29, 1.82) is 0 Å². The topological polar surface area (TPSA) is 58.2 Å². The highest BCUT2D eigenvalue weighted by atomic mass is 32.2. The monoisotopic (exact) mass is 270 g/mol. The van der Waals surface area contributed by atoms with Crippen molar-refractivity contribution >= 4 is 15.7 Å². The van der Waals surface area contributed by atoms with Gasteiger partial charge < -0.3 is 5.32 Å². The molecule has 0 aliphatic rings. The average molecular weight is 270 g/mol. The molecule has 5 heteroatoms. The Kier molecular flexibility index (Phi) is 5.16. The van der Waals surface area contributed by atoms with Crippen LogP contribution in [0.4, 0.5) is 5.69 Å². The number of hydrogen-bond acceptors (Lipinski definition) is 3. The fourth-order valence-electron chi connectivity index (χ4n) is 1.82. The number of benzene rings is 1. The van der Waals surface area contributed by atoms with Crippen LogP contribution in [0.1, 0.15) is 25.0 Å². The molecule has 1 atom stereocenters. The number of aryl methyl sites for hydroxylation is 2. The van der Waals surface area contributed by atoms with E-state index in [2.05, 4.69) is 17.0 Å². The van der Waals surface area contributed by atoms with Gasteiger partial charge in [0.25, 0.3) is 0 Å². The van der Waals surface area contributed by atoms with Gasteiger partial charge in [-0.25, -0.2) is 8.42 Å².